The van der Waals surface area contributed by atoms with Gasteiger partial charge in [0.05, 0.1) is 10.7 Å². The number of benzene rings is 2. The SMILES string of the molecule is C=CCn1c(COc2ccc(F)cc2)nnc1SCC(=O)Nc1ccc(F)c([N+](=O)[O-])c1. The number of carbonyl (C=O) groups excluding carboxylic acids is 1. The average molecular weight is 461 g/mol. The van der Waals surface area contributed by atoms with Gasteiger partial charge >= 0.3 is 5.69 Å². The van der Waals surface area contributed by atoms with Crippen LogP contribution in [0.15, 0.2) is 60.3 Å². The van der Waals surface area contributed by atoms with Gasteiger partial charge in [-0.1, -0.05) is 17.8 Å². The fourth-order valence-corrected chi connectivity index (χ4v) is 3.35. The standard InChI is InChI=1S/C20H17F2N5O4S/c1-2-9-26-18(11-31-15-6-3-13(21)4-7-15)24-25-20(26)32-12-19(28)23-14-5-8-16(22)17(10-14)27(29)30/h2-8,10H,1,9,11-12H2,(H,23,28). The molecule has 0 fully saturated rings. The number of carbonyl (C=O) groups is 1. The number of nitro benzene ring substituents is 1. The highest BCUT2D eigenvalue weighted by molar-refractivity contribution is 7.99. The van der Waals surface area contributed by atoms with Crippen molar-refractivity contribution in [3.05, 3.63) is 82.7 Å². The lowest BCUT2D eigenvalue weighted by atomic mass is 10.2. The third kappa shape index (κ3) is 5.88. The van der Waals surface area contributed by atoms with Gasteiger partial charge in [-0.2, -0.15) is 4.39 Å². The van der Waals surface area contributed by atoms with Crippen LogP contribution in [0.5, 0.6) is 5.75 Å². The van der Waals surface area contributed by atoms with Crippen LogP contribution in [0.3, 0.4) is 0 Å². The summed E-state index contributed by atoms with van der Waals surface area (Å²) in [6.45, 7) is 4.13. The van der Waals surface area contributed by atoms with Gasteiger partial charge in [0, 0.05) is 18.3 Å². The topological polar surface area (TPSA) is 112 Å². The third-order valence-electron chi connectivity index (χ3n) is 4.05. The lowest BCUT2D eigenvalue weighted by Crippen LogP contribution is -2.15. The first kappa shape index (κ1) is 22.9. The number of nitrogens with zero attached hydrogens (tertiary/aromatic N) is 4. The Morgan fingerprint density at radius 2 is 2.00 bits per heavy atom. The van der Waals surface area contributed by atoms with Crippen LogP contribution >= 0.6 is 11.8 Å². The zero-order valence-corrected chi connectivity index (χ0v) is 17.3. The van der Waals surface area contributed by atoms with Crippen molar-refractivity contribution in [2.45, 2.75) is 18.3 Å². The van der Waals surface area contributed by atoms with Crippen molar-refractivity contribution in [3.63, 3.8) is 0 Å². The Labute approximate surface area is 185 Å². The smallest absolute Gasteiger partial charge is 0.306 e. The van der Waals surface area contributed by atoms with Gasteiger partial charge in [0.2, 0.25) is 11.7 Å². The minimum atomic E-state index is -0.990. The second kappa shape index (κ2) is 10.5. The van der Waals surface area contributed by atoms with E-state index in [4.69, 9.17) is 4.74 Å². The number of allylic oxidation sites excluding steroid dienone is 1. The number of thioether (sulfide) groups is 1. The number of ether oxygens (including phenoxy) is 1. The highest BCUT2D eigenvalue weighted by atomic mass is 32.2. The van der Waals surface area contributed by atoms with Crippen molar-refractivity contribution >= 4 is 29.0 Å². The number of nitrogens with one attached hydrogen (secondary N) is 1. The molecular formula is C20H17F2N5O4S. The molecule has 1 N–H and O–H groups in total. The zero-order valence-electron chi connectivity index (χ0n) is 16.5. The summed E-state index contributed by atoms with van der Waals surface area (Å²) in [5.74, 6) is -0.963. The van der Waals surface area contributed by atoms with Crippen molar-refractivity contribution in [1.29, 1.82) is 0 Å². The van der Waals surface area contributed by atoms with Crippen LogP contribution in [0.1, 0.15) is 5.82 Å². The molecule has 0 saturated heterocycles. The maximum absolute atomic E-state index is 13.4. The van der Waals surface area contributed by atoms with Crippen LogP contribution in [-0.4, -0.2) is 31.3 Å². The van der Waals surface area contributed by atoms with Crippen LogP contribution in [-0.2, 0) is 17.9 Å². The predicted molar refractivity (Wildman–Crippen MR) is 113 cm³/mol. The molecule has 0 saturated carbocycles. The molecule has 0 spiro atoms. The summed E-state index contributed by atoms with van der Waals surface area (Å²) < 4.78 is 33.7. The van der Waals surface area contributed by atoms with Gasteiger partial charge in [-0.15, -0.1) is 16.8 Å². The molecule has 2 aromatic carbocycles. The van der Waals surface area contributed by atoms with E-state index in [0.717, 1.165) is 23.9 Å². The average Bonchev–Trinajstić information content (AvgIpc) is 3.15. The first-order chi connectivity index (χ1) is 15.4. The van der Waals surface area contributed by atoms with Crippen LogP contribution < -0.4 is 10.1 Å². The fraction of sp³-hybridized carbons (Fsp3) is 0.150. The van der Waals surface area contributed by atoms with E-state index in [9.17, 15) is 23.7 Å². The molecule has 0 unspecified atom stereocenters. The zero-order chi connectivity index (χ0) is 23.1. The number of halogens is 2. The van der Waals surface area contributed by atoms with Gasteiger partial charge in [0.25, 0.3) is 0 Å². The van der Waals surface area contributed by atoms with Gasteiger partial charge in [0.1, 0.15) is 18.2 Å². The normalized spacial score (nSPS) is 10.6. The molecule has 3 rings (SSSR count). The van der Waals surface area contributed by atoms with E-state index in [2.05, 4.69) is 22.1 Å². The van der Waals surface area contributed by atoms with Crippen LogP contribution in [0.4, 0.5) is 20.2 Å². The van der Waals surface area contributed by atoms with Gasteiger partial charge in [-0.25, -0.2) is 4.39 Å². The number of amides is 1. The van der Waals surface area contributed by atoms with E-state index in [1.54, 1.807) is 10.6 Å². The molecule has 12 heteroatoms. The van der Waals surface area contributed by atoms with Gasteiger partial charge in [0.15, 0.2) is 11.0 Å². The van der Waals surface area contributed by atoms with Gasteiger partial charge in [-0.3, -0.25) is 19.5 Å². The van der Waals surface area contributed by atoms with E-state index < -0.39 is 22.3 Å². The lowest BCUT2D eigenvalue weighted by molar-refractivity contribution is -0.387. The minimum absolute atomic E-state index is 0.0679. The number of hydrogen-bond donors (Lipinski definition) is 1. The Morgan fingerprint density at radius 1 is 1.25 bits per heavy atom. The molecule has 0 atom stereocenters. The molecule has 166 valence electrons. The Balaban J connectivity index is 1.62. The van der Waals surface area contributed by atoms with Crippen molar-refractivity contribution < 1.29 is 23.2 Å². The van der Waals surface area contributed by atoms with Crippen molar-refractivity contribution in [2.75, 3.05) is 11.1 Å². The maximum Gasteiger partial charge on any atom is 0.306 e. The van der Waals surface area contributed by atoms with E-state index >= 15 is 0 Å². The molecule has 32 heavy (non-hydrogen) atoms. The molecule has 0 aliphatic carbocycles. The maximum atomic E-state index is 13.4. The number of nitro groups is 1. The molecule has 0 radical (unpaired) electrons. The molecule has 0 aliphatic rings. The lowest BCUT2D eigenvalue weighted by Gasteiger charge is -2.09. The number of hydrogen-bond acceptors (Lipinski definition) is 7. The van der Waals surface area contributed by atoms with Gasteiger partial charge in [-0.05, 0) is 36.4 Å². The van der Waals surface area contributed by atoms with Crippen LogP contribution in [0.25, 0.3) is 0 Å². The monoisotopic (exact) mass is 461 g/mol. The third-order valence-corrected chi connectivity index (χ3v) is 5.01. The molecule has 9 nitrogen and oxygen atoms in total. The van der Waals surface area contributed by atoms with Crippen molar-refractivity contribution in [3.8, 4) is 5.75 Å². The number of anilines is 1. The number of aromatic nitrogens is 3. The van der Waals surface area contributed by atoms with E-state index in [-0.39, 0.29) is 23.9 Å². The molecule has 0 bridgehead atoms. The summed E-state index contributed by atoms with van der Waals surface area (Å²) >= 11 is 1.09. The Kier molecular flexibility index (Phi) is 7.49. The summed E-state index contributed by atoms with van der Waals surface area (Å²) in [6.07, 6.45) is 1.63. The highest BCUT2D eigenvalue weighted by Crippen LogP contribution is 2.23. The predicted octanol–water partition coefficient (Wildman–Crippen LogP) is 3.96. The van der Waals surface area contributed by atoms with E-state index in [0.29, 0.717) is 23.3 Å². The first-order valence-electron chi connectivity index (χ1n) is 9.15. The van der Waals surface area contributed by atoms with Crippen molar-refractivity contribution in [1.82, 2.24) is 14.8 Å². The van der Waals surface area contributed by atoms with Crippen LogP contribution in [0, 0.1) is 21.7 Å². The Morgan fingerprint density at radius 3 is 2.69 bits per heavy atom. The fourth-order valence-electron chi connectivity index (χ4n) is 2.58. The summed E-state index contributed by atoms with van der Waals surface area (Å²) in [4.78, 5) is 22.2. The van der Waals surface area contributed by atoms with Crippen LogP contribution in [0.2, 0.25) is 0 Å². The van der Waals surface area contributed by atoms with E-state index in [1.807, 2.05) is 0 Å². The summed E-state index contributed by atoms with van der Waals surface area (Å²) in [6, 6.07) is 8.62. The second-order valence-electron chi connectivity index (χ2n) is 6.30. The Bertz CT molecular complexity index is 1140. The minimum Gasteiger partial charge on any atom is -0.486 e. The highest BCUT2D eigenvalue weighted by Gasteiger charge is 2.17. The molecule has 1 amide bonds. The summed E-state index contributed by atoms with van der Waals surface area (Å²) in [7, 11) is 0. The Hall–Kier alpha value is -3.80. The largest absolute Gasteiger partial charge is 0.486 e. The first-order valence-corrected chi connectivity index (χ1v) is 10.1. The number of rotatable bonds is 10. The van der Waals surface area contributed by atoms with E-state index in [1.165, 1.54) is 30.3 Å². The molecular weight excluding hydrogens is 444 g/mol. The van der Waals surface area contributed by atoms with Crippen molar-refractivity contribution in [2.24, 2.45) is 0 Å². The molecule has 0 aliphatic heterocycles. The molecule has 1 aromatic heterocycles. The quantitative estimate of drug-likeness (QED) is 0.210. The second-order valence-corrected chi connectivity index (χ2v) is 7.24. The molecule has 3 aromatic rings. The summed E-state index contributed by atoms with van der Waals surface area (Å²) in [5.41, 5.74) is -0.628. The molecule has 1 heterocycles. The summed E-state index contributed by atoms with van der Waals surface area (Å²) in [5, 5.41) is 21.9. The van der Waals surface area contributed by atoms with Gasteiger partial charge < -0.3 is 10.1 Å².